The molecule has 0 unspecified atom stereocenters. The summed E-state index contributed by atoms with van der Waals surface area (Å²) in [4.78, 5) is 10.9. The summed E-state index contributed by atoms with van der Waals surface area (Å²) in [6, 6.07) is 0. The van der Waals surface area contributed by atoms with Crippen molar-refractivity contribution in [2.24, 2.45) is 0 Å². The first-order chi connectivity index (χ1) is 6.42. The molecule has 0 aromatic carbocycles. The smallest absolute Gasteiger partial charge is 0.293 e. The van der Waals surface area contributed by atoms with E-state index in [2.05, 4.69) is 5.10 Å². The number of nitrogens with zero attached hydrogens (tertiary/aromatic N) is 2. The van der Waals surface area contributed by atoms with E-state index in [0.717, 1.165) is 12.4 Å². The SMILES string of the molecule is O=C(CCl)c1cnn(CC(F)(F)F)c1. The van der Waals surface area contributed by atoms with E-state index >= 15 is 0 Å². The van der Waals surface area contributed by atoms with Crippen molar-refractivity contribution in [1.29, 1.82) is 0 Å². The van der Waals surface area contributed by atoms with Crippen LogP contribution >= 0.6 is 11.6 Å². The van der Waals surface area contributed by atoms with Crippen LogP contribution in [0.5, 0.6) is 0 Å². The summed E-state index contributed by atoms with van der Waals surface area (Å²) in [7, 11) is 0. The summed E-state index contributed by atoms with van der Waals surface area (Å²) in [5, 5.41) is 3.39. The van der Waals surface area contributed by atoms with Crippen LogP contribution in [0.15, 0.2) is 12.4 Å². The minimum absolute atomic E-state index is 0.0873. The highest BCUT2D eigenvalue weighted by molar-refractivity contribution is 6.30. The Morgan fingerprint density at radius 1 is 1.57 bits per heavy atom. The molecule has 1 aromatic rings. The predicted octanol–water partition coefficient (Wildman–Crippen LogP) is 1.87. The van der Waals surface area contributed by atoms with Gasteiger partial charge in [-0.05, 0) is 0 Å². The molecule has 14 heavy (non-hydrogen) atoms. The van der Waals surface area contributed by atoms with Crippen LogP contribution in [0.2, 0.25) is 0 Å². The summed E-state index contributed by atoms with van der Waals surface area (Å²) in [5.74, 6) is -0.711. The maximum atomic E-state index is 11.9. The Balaban J connectivity index is 2.74. The second-order valence-corrected chi connectivity index (χ2v) is 2.87. The van der Waals surface area contributed by atoms with Crippen LogP contribution in [0.25, 0.3) is 0 Å². The monoisotopic (exact) mass is 226 g/mol. The van der Waals surface area contributed by atoms with Gasteiger partial charge in [-0.25, -0.2) is 0 Å². The molecule has 0 saturated carbocycles. The first kappa shape index (κ1) is 11.0. The Morgan fingerprint density at radius 3 is 2.71 bits per heavy atom. The van der Waals surface area contributed by atoms with Crippen molar-refractivity contribution >= 4 is 17.4 Å². The zero-order chi connectivity index (χ0) is 10.8. The number of hydrogen-bond donors (Lipinski definition) is 0. The van der Waals surface area contributed by atoms with E-state index in [4.69, 9.17) is 11.6 Å². The third-order valence-corrected chi connectivity index (χ3v) is 1.66. The molecular weight excluding hydrogens is 221 g/mol. The third kappa shape index (κ3) is 3.02. The molecule has 0 atom stereocenters. The molecule has 1 rings (SSSR count). The highest BCUT2D eigenvalue weighted by atomic mass is 35.5. The Labute approximate surface area is 82.5 Å². The highest BCUT2D eigenvalue weighted by Gasteiger charge is 2.28. The third-order valence-electron chi connectivity index (χ3n) is 1.42. The molecule has 1 aromatic heterocycles. The maximum absolute atomic E-state index is 11.9. The molecule has 0 saturated heterocycles. The van der Waals surface area contributed by atoms with Crippen LogP contribution in [0.4, 0.5) is 13.2 Å². The molecule has 0 aliphatic heterocycles. The number of aromatic nitrogens is 2. The normalized spacial score (nSPS) is 11.7. The minimum atomic E-state index is -4.34. The fraction of sp³-hybridized carbons (Fsp3) is 0.429. The van der Waals surface area contributed by atoms with Crippen LogP contribution in [0, 0.1) is 0 Å². The van der Waals surface area contributed by atoms with Crippen LogP contribution in [0.1, 0.15) is 10.4 Å². The average molecular weight is 227 g/mol. The van der Waals surface area contributed by atoms with Gasteiger partial charge in [0.2, 0.25) is 0 Å². The van der Waals surface area contributed by atoms with E-state index in [1.165, 1.54) is 0 Å². The topological polar surface area (TPSA) is 34.9 Å². The van der Waals surface area contributed by atoms with Crippen molar-refractivity contribution in [2.45, 2.75) is 12.7 Å². The lowest BCUT2D eigenvalue weighted by molar-refractivity contribution is -0.142. The number of hydrogen-bond acceptors (Lipinski definition) is 2. The van der Waals surface area contributed by atoms with E-state index in [1.54, 1.807) is 0 Å². The molecular formula is C7H6ClF3N2O. The molecule has 0 radical (unpaired) electrons. The van der Waals surface area contributed by atoms with Gasteiger partial charge in [-0.15, -0.1) is 11.6 Å². The van der Waals surface area contributed by atoms with Crippen LogP contribution in [-0.2, 0) is 6.54 Å². The van der Waals surface area contributed by atoms with Crippen molar-refractivity contribution in [3.8, 4) is 0 Å². The lowest BCUT2D eigenvalue weighted by atomic mass is 10.3. The maximum Gasteiger partial charge on any atom is 0.408 e. The van der Waals surface area contributed by atoms with E-state index < -0.39 is 18.5 Å². The fourth-order valence-corrected chi connectivity index (χ4v) is 1.01. The van der Waals surface area contributed by atoms with Crippen molar-refractivity contribution in [1.82, 2.24) is 9.78 Å². The van der Waals surface area contributed by atoms with E-state index in [-0.39, 0.29) is 11.4 Å². The molecule has 0 amide bonds. The highest BCUT2D eigenvalue weighted by Crippen LogP contribution is 2.17. The standard InChI is InChI=1S/C7H6ClF3N2O/c8-1-6(14)5-2-12-13(3-5)4-7(9,10)11/h2-3H,1,4H2. The zero-order valence-electron chi connectivity index (χ0n) is 6.88. The van der Waals surface area contributed by atoms with E-state index in [1.807, 2.05) is 0 Å². The lowest BCUT2D eigenvalue weighted by Crippen LogP contribution is -2.17. The van der Waals surface area contributed by atoms with Crippen molar-refractivity contribution in [2.75, 3.05) is 5.88 Å². The van der Waals surface area contributed by atoms with Gasteiger partial charge in [0.1, 0.15) is 6.54 Å². The number of rotatable bonds is 3. The summed E-state index contributed by atoms with van der Waals surface area (Å²) < 4.78 is 36.2. The number of carbonyl (C=O) groups excluding carboxylic acids is 1. The summed E-state index contributed by atoms with van der Waals surface area (Å²) >= 11 is 5.22. The van der Waals surface area contributed by atoms with Crippen LogP contribution in [-0.4, -0.2) is 27.6 Å². The molecule has 1 heterocycles. The van der Waals surface area contributed by atoms with Gasteiger partial charge < -0.3 is 0 Å². The number of carbonyl (C=O) groups is 1. The van der Waals surface area contributed by atoms with Gasteiger partial charge in [0.05, 0.1) is 17.6 Å². The van der Waals surface area contributed by atoms with Gasteiger partial charge >= 0.3 is 6.18 Å². The fourth-order valence-electron chi connectivity index (χ4n) is 0.855. The second-order valence-electron chi connectivity index (χ2n) is 2.60. The van der Waals surface area contributed by atoms with E-state index in [0.29, 0.717) is 4.68 Å². The first-order valence-electron chi connectivity index (χ1n) is 3.61. The van der Waals surface area contributed by atoms with Crippen molar-refractivity contribution in [3.63, 3.8) is 0 Å². The Hall–Kier alpha value is -1.04. The Kier molecular flexibility index (Phi) is 3.15. The Bertz CT molecular complexity index is 334. The molecule has 0 bridgehead atoms. The largest absolute Gasteiger partial charge is 0.408 e. The van der Waals surface area contributed by atoms with Gasteiger partial charge in [0.25, 0.3) is 0 Å². The van der Waals surface area contributed by atoms with E-state index in [9.17, 15) is 18.0 Å². The van der Waals surface area contributed by atoms with Crippen LogP contribution < -0.4 is 0 Å². The van der Waals surface area contributed by atoms with Crippen LogP contribution in [0.3, 0.4) is 0 Å². The molecule has 0 spiro atoms. The molecule has 0 aliphatic carbocycles. The first-order valence-corrected chi connectivity index (χ1v) is 4.14. The zero-order valence-corrected chi connectivity index (χ0v) is 7.64. The molecule has 3 nitrogen and oxygen atoms in total. The summed E-state index contributed by atoms with van der Waals surface area (Å²) in [6.07, 6.45) is -2.25. The molecule has 78 valence electrons. The number of alkyl halides is 4. The number of Topliss-reactive ketones (excluding diaryl/α,β-unsaturated/α-hetero) is 1. The number of halogens is 4. The second kappa shape index (κ2) is 4.00. The summed E-state index contributed by atoms with van der Waals surface area (Å²) in [5.41, 5.74) is 0.0873. The number of ketones is 1. The average Bonchev–Trinajstić information content (AvgIpc) is 2.48. The van der Waals surface area contributed by atoms with Gasteiger partial charge in [0.15, 0.2) is 5.78 Å². The molecule has 0 N–H and O–H groups in total. The van der Waals surface area contributed by atoms with Gasteiger partial charge in [-0.1, -0.05) is 0 Å². The lowest BCUT2D eigenvalue weighted by Gasteiger charge is -2.04. The summed E-state index contributed by atoms with van der Waals surface area (Å²) in [6.45, 7) is -1.21. The molecule has 0 aliphatic rings. The van der Waals surface area contributed by atoms with Gasteiger partial charge in [-0.2, -0.15) is 18.3 Å². The predicted molar refractivity (Wildman–Crippen MR) is 43.3 cm³/mol. The quantitative estimate of drug-likeness (QED) is 0.583. The van der Waals surface area contributed by atoms with Gasteiger partial charge in [-0.3, -0.25) is 9.48 Å². The van der Waals surface area contributed by atoms with Gasteiger partial charge in [0, 0.05) is 6.20 Å². The minimum Gasteiger partial charge on any atom is -0.293 e. The Morgan fingerprint density at radius 2 is 2.21 bits per heavy atom. The molecule has 7 heteroatoms. The van der Waals surface area contributed by atoms with Crippen molar-refractivity contribution < 1.29 is 18.0 Å². The van der Waals surface area contributed by atoms with Crippen molar-refractivity contribution in [3.05, 3.63) is 18.0 Å². The molecule has 0 fully saturated rings.